The molecular formula is C17H18ClFN2O. The van der Waals surface area contributed by atoms with E-state index >= 15 is 0 Å². The number of benzene rings is 2. The molecule has 3 nitrogen and oxygen atoms in total. The van der Waals surface area contributed by atoms with Gasteiger partial charge in [-0.05, 0) is 56.3 Å². The summed E-state index contributed by atoms with van der Waals surface area (Å²) in [5.41, 5.74) is 2.08. The second kappa shape index (κ2) is 7.27. The molecule has 22 heavy (non-hydrogen) atoms. The largest absolute Gasteiger partial charge is 0.372 e. The fraction of sp³-hybridized carbons (Fsp3) is 0.235. The molecule has 2 aromatic rings. The number of carbonyl (C=O) groups is 1. The van der Waals surface area contributed by atoms with Crippen LogP contribution in [0.25, 0.3) is 0 Å². The molecule has 0 saturated heterocycles. The third-order valence-corrected chi connectivity index (χ3v) is 3.73. The number of carbonyl (C=O) groups excluding carboxylic acids is 1. The van der Waals surface area contributed by atoms with Crippen molar-refractivity contribution in [1.82, 2.24) is 0 Å². The number of nitrogens with zero attached hydrogens (tertiary/aromatic N) is 1. The van der Waals surface area contributed by atoms with Gasteiger partial charge < -0.3 is 10.2 Å². The number of amides is 1. The van der Waals surface area contributed by atoms with Crippen LogP contribution in [-0.4, -0.2) is 19.0 Å². The maximum Gasteiger partial charge on any atom is 0.255 e. The van der Waals surface area contributed by atoms with Crippen molar-refractivity contribution in [3.63, 3.8) is 0 Å². The van der Waals surface area contributed by atoms with Gasteiger partial charge in [-0.2, -0.15) is 0 Å². The number of halogens is 2. The van der Waals surface area contributed by atoms with E-state index in [1.807, 2.05) is 12.1 Å². The molecule has 0 aliphatic heterocycles. The minimum absolute atomic E-state index is 0.0188. The van der Waals surface area contributed by atoms with E-state index in [1.165, 1.54) is 18.2 Å². The summed E-state index contributed by atoms with van der Waals surface area (Å²) in [4.78, 5) is 14.4. The standard InChI is InChI=1S/C17H18ClFN2O/c1-3-21(4-2)14-8-5-12(6-9-14)17(22)20-13-7-10-16(19)15(18)11-13/h5-11H,3-4H2,1-2H3,(H,20,22). The monoisotopic (exact) mass is 320 g/mol. The molecule has 2 rings (SSSR count). The van der Waals surface area contributed by atoms with Gasteiger partial charge in [0.1, 0.15) is 5.82 Å². The first-order chi connectivity index (χ1) is 10.5. The van der Waals surface area contributed by atoms with E-state index in [9.17, 15) is 9.18 Å². The average molecular weight is 321 g/mol. The van der Waals surface area contributed by atoms with E-state index in [0.717, 1.165) is 18.8 Å². The van der Waals surface area contributed by atoms with E-state index in [0.29, 0.717) is 11.3 Å². The lowest BCUT2D eigenvalue weighted by Crippen LogP contribution is -2.21. The van der Waals surface area contributed by atoms with Crippen LogP contribution in [0.2, 0.25) is 5.02 Å². The molecule has 0 unspecified atom stereocenters. The molecule has 0 atom stereocenters. The molecule has 116 valence electrons. The first-order valence-electron chi connectivity index (χ1n) is 7.16. The third kappa shape index (κ3) is 3.77. The number of hydrogen-bond acceptors (Lipinski definition) is 2. The molecule has 2 aromatic carbocycles. The highest BCUT2D eigenvalue weighted by atomic mass is 35.5. The van der Waals surface area contributed by atoms with Gasteiger partial charge in [-0.1, -0.05) is 11.6 Å². The molecule has 0 fully saturated rings. The Kier molecular flexibility index (Phi) is 5.39. The summed E-state index contributed by atoms with van der Waals surface area (Å²) >= 11 is 5.70. The zero-order valence-corrected chi connectivity index (χ0v) is 13.3. The maximum atomic E-state index is 13.1. The zero-order valence-electron chi connectivity index (χ0n) is 12.6. The minimum atomic E-state index is -0.511. The van der Waals surface area contributed by atoms with Crippen LogP contribution in [-0.2, 0) is 0 Å². The molecule has 1 N–H and O–H groups in total. The van der Waals surface area contributed by atoms with Gasteiger partial charge in [-0.3, -0.25) is 4.79 Å². The first kappa shape index (κ1) is 16.3. The van der Waals surface area contributed by atoms with Gasteiger partial charge in [-0.25, -0.2) is 4.39 Å². The van der Waals surface area contributed by atoms with Crippen molar-refractivity contribution >= 4 is 28.9 Å². The van der Waals surface area contributed by atoms with Crippen molar-refractivity contribution in [1.29, 1.82) is 0 Å². The smallest absolute Gasteiger partial charge is 0.255 e. The first-order valence-corrected chi connectivity index (χ1v) is 7.54. The number of nitrogens with one attached hydrogen (secondary N) is 1. The van der Waals surface area contributed by atoms with Gasteiger partial charge in [-0.15, -0.1) is 0 Å². The van der Waals surface area contributed by atoms with Crippen LogP contribution in [0.4, 0.5) is 15.8 Å². The van der Waals surface area contributed by atoms with E-state index in [1.54, 1.807) is 12.1 Å². The van der Waals surface area contributed by atoms with Gasteiger partial charge in [0.15, 0.2) is 0 Å². The Morgan fingerprint density at radius 1 is 1.14 bits per heavy atom. The highest BCUT2D eigenvalue weighted by Crippen LogP contribution is 2.20. The predicted octanol–water partition coefficient (Wildman–Crippen LogP) is 4.58. The molecule has 1 amide bonds. The summed E-state index contributed by atoms with van der Waals surface area (Å²) in [5.74, 6) is -0.767. The van der Waals surface area contributed by atoms with Gasteiger partial charge in [0.05, 0.1) is 5.02 Å². The van der Waals surface area contributed by atoms with E-state index in [2.05, 4.69) is 24.1 Å². The molecule has 0 heterocycles. The Hall–Kier alpha value is -2.07. The number of hydrogen-bond donors (Lipinski definition) is 1. The van der Waals surface area contributed by atoms with Crippen molar-refractivity contribution in [3.8, 4) is 0 Å². The van der Waals surface area contributed by atoms with E-state index in [-0.39, 0.29) is 10.9 Å². The van der Waals surface area contributed by atoms with Crippen molar-refractivity contribution < 1.29 is 9.18 Å². The Morgan fingerprint density at radius 2 is 1.77 bits per heavy atom. The summed E-state index contributed by atoms with van der Waals surface area (Å²) in [6.07, 6.45) is 0. The Bertz CT molecular complexity index is 654. The third-order valence-electron chi connectivity index (χ3n) is 3.44. The van der Waals surface area contributed by atoms with Gasteiger partial charge >= 0.3 is 0 Å². The van der Waals surface area contributed by atoms with Crippen LogP contribution >= 0.6 is 11.6 Å². The molecule has 0 aromatic heterocycles. The number of rotatable bonds is 5. The number of anilines is 2. The summed E-state index contributed by atoms with van der Waals surface area (Å²) < 4.78 is 13.1. The maximum absolute atomic E-state index is 13.1. The van der Waals surface area contributed by atoms with Crippen molar-refractivity contribution in [2.45, 2.75) is 13.8 Å². The van der Waals surface area contributed by atoms with E-state index < -0.39 is 5.82 Å². The average Bonchev–Trinajstić information content (AvgIpc) is 2.53. The molecule has 0 saturated carbocycles. The highest BCUT2D eigenvalue weighted by Gasteiger charge is 2.09. The molecule has 0 radical (unpaired) electrons. The van der Waals surface area contributed by atoms with Crippen LogP contribution < -0.4 is 10.2 Å². The zero-order chi connectivity index (χ0) is 16.1. The van der Waals surface area contributed by atoms with Crippen LogP contribution in [0.5, 0.6) is 0 Å². The van der Waals surface area contributed by atoms with Crippen LogP contribution in [0.15, 0.2) is 42.5 Å². The quantitative estimate of drug-likeness (QED) is 0.874. The summed E-state index contributed by atoms with van der Waals surface area (Å²) in [6.45, 7) is 6.00. The van der Waals surface area contributed by atoms with Gasteiger partial charge in [0.2, 0.25) is 0 Å². The summed E-state index contributed by atoms with van der Waals surface area (Å²) in [7, 11) is 0. The molecule has 0 aliphatic carbocycles. The Morgan fingerprint density at radius 3 is 2.32 bits per heavy atom. The second-order valence-corrected chi connectivity index (χ2v) is 5.21. The molecule has 0 aliphatic rings. The van der Waals surface area contributed by atoms with E-state index in [4.69, 9.17) is 11.6 Å². The Balaban J connectivity index is 2.11. The summed E-state index contributed by atoms with van der Waals surface area (Å²) in [5, 5.41) is 2.68. The van der Waals surface area contributed by atoms with Crippen LogP contribution in [0.3, 0.4) is 0 Å². The highest BCUT2D eigenvalue weighted by molar-refractivity contribution is 6.31. The molecule has 0 spiro atoms. The lowest BCUT2D eigenvalue weighted by atomic mass is 10.1. The lowest BCUT2D eigenvalue weighted by Gasteiger charge is -2.21. The van der Waals surface area contributed by atoms with Gasteiger partial charge in [0.25, 0.3) is 5.91 Å². The van der Waals surface area contributed by atoms with Crippen molar-refractivity contribution in [3.05, 3.63) is 58.9 Å². The summed E-state index contributed by atoms with van der Waals surface area (Å²) in [6, 6.07) is 11.5. The van der Waals surface area contributed by atoms with Gasteiger partial charge in [0, 0.05) is 30.0 Å². The predicted molar refractivity (Wildman–Crippen MR) is 89.4 cm³/mol. The second-order valence-electron chi connectivity index (χ2n) is 4.80. The minimum Gasteiger partial charge on any atom is -0.372 e. The molecule has 5 heteroatoms. The fourth-order valence-corrected chi connectivity index (χ4v) is 2.37. The Labute approximate surface area is 134 Å². The van der Waals surface area contributed by atoms with Crippen LogP contribution in [0.1, 0.15) is 24.2 Å². The van der Waals surface area contributed by atoms with Crippen molar-refractivity contribution in [2.24, 2.45) is 0 Å². The van der Waals surface area contributed by atoms with Crippen LogP contribution in [0, 0.1) is 5.82 Å². The topological polar surface area (TPSA) is 32.3 Å². The SMILES string of the molecule is CCN(CC)c1ccc(C(=O)Nc2ccc(F)c(Cl)c2)cc1. The normalized spacial score (nSPS) is 10.4. The lowest BCUT2D eigenvalue weighted by molar-refractivity contribution is 0.102. The fourth-order valence-electron chi connectivity index (χ4n) is 2.19. The molecular weight excluding hydrogens is 303 g/mol. The molecule has 0 bridgehead atoms. The van der Waals surface area contributed by atoms with Crippen molar-refractivity contribution in [2.75, 3.05) is 23.3 Å².